The quantitative estimate of drug-likeness (QED) is 0.193. The number of aliphatic hydroxyl groups excluding tert-OH is 1. The molecule has 1 amide bonds. The first-order chi connectivity index (χ1) is 18.7. The Labute approximate surface area is 219 Å². The van der Waals surface area contributed by atoms with E-state index in [1.165, 1.54) is 12.3 Å². The number of amides is 1. The predicted octanol–water partition coefficient (Wildman–Crippen LogP) is 5.33. The first-order valence-corrected chi connectivity index (χ1v) is 11.9. The van der Waals surface area contributed by atoms with Crippen LogP contribution in [0.25, 0.3) is 22.4 Å². The number of carbonyl (C=O) groups excluding carboxylic acids is 1. The van der Waals surface area contributed by atoms with Gasteiger partial charge in [0.1, 0.15) is 11.4 Å². The molecule has 8 nitrogen and oxygen atoms in total. The average Bonchev–Trinajstić information content (AvgIpc) is 3.36. The van der Waals surface area contributed by atoms with Crippen LogP contribution in [0.2, 0.25) is 0 Å². The van der Waals surface area contributed by atoms with Crippen molar-refractivity contribution in [2.45, 2.75) is 12.3 Å². The highest BCUT2D eigenvalue weighted by Crippen LogP contribution is 2.31. The van der Waals surface area contributed by atoms with Crippen molar-refractivity contribution in [2.75, 3.05) is 17.2 Å². The van der Waals surface area contributed by atoms with E-state index in [0.29, 0.717) is 22.3 Å². The lowest BCUT2D eigenvalue weighted by molar-refractivity contribution is -0.137. The summed E-state index contributed by atoms with van der Waals surface area (Å²) in [5.74, 6) is -0.538. The number of aliphatic hydroxyl groups is 1. The lowest BCUT2D eigenvalue weighted by atomic mass is 10.1. The number of carbonyl (C=O) groups is 1. The summed E-state index contributed by atoms with van der Waals surface area (Å²) in [7, 11) is 0. The number of rotatable bonds is 7. The molecule has 3 aromatic carbocycles. The number of fused-ring (bicyclic) bond motifs is 1. The molecule has 0 bridgehead atoms. The molecule has 5 rings (SSSR count). The zero-order valence-corrected chi connectivity index (χ0v) is 20.2. The fourth-order valence-electron chi connectivity index (χ4n) is 4.15. The second kappa shape index (κ2) is 10.5. The fourth-order valence-corrected chi connectivity index (χ4v) is 4.15. The van der Waals surface area contributed by atoms with Crippen molar-refractivity contribution in [1.82, 2.24) is 15.0 Å². The highest BCUT2D eigenvalue weighted by molar-refractivity contribution is 6.08. The lowest BCUT2D eigenvalue weighted by Crippen LogP contribution is -2.17. The van der Waals surface area contributed by atoms with E-state index in [4.69, 9.17) is 0 Å². The predicted molar refractivity (Wildman–Crippen MR) is 141 cm³/mol. The van der Waals surface area contributed by atoms with Gasteiger partial charge in [-0.25, -0.2) is 4.98 Å². The SMILES string of the molecule is O=C(Nc1cccc2nc(-c3c(NC[C@@H](O)c4ccccc4)cc[nH]c3=O)[nH]c12)c1cccc(C(F)(F)F)c1. The molecule has 39 heavy (non-hydrogen) atoms. The van der Waals surface area contributed by atoms with Gasteiger partial charge in [-0.15, -0.1) is 0 Å². The first kappa shape index (κ1) is 25.7. The fraction of sp³-hybridized carbons (Fsp3) is 0.107. The summed E-state index contributed by atoms with van der Waals surface area (Å²) in [6.45, 7) is 0.124. The molecular weight excluding hydrogens is 511 g/mol. The largest absolute Gasteiger partial charge is 0.416 e. The lowest BCUT2D eigenvalue weighted by Gasteiger charge is -2.14. The van der Waals surface area contributed by atoms with Gasteiger partial charge in [-0.3, -0.25) is 9.59 Å². The molecule has 5 N–H and O–H groups in total. The van der Waals surface area contributed by atoms with Gasteiger partial charge < -0.3 is 25.7 Å². The van der Waals surface area contributed by atoms with Crippen LogP contribution in [0.1, 0.15) is 27.6 Å². The van der Waals surface area contributed by atoms with Crippen LogP contribution in [-0.2, 0) is 6.18 Å². The van der Waals surface area contributed by atoms with Crippen molar-refractivity contribution in [3.05, 3.63) is 112 Å². The summed E-state index contributed by atoms with van der Waals surface area (Å²) in [6, 6.07) is 19.7. The Morgan fingerprint density at radius 2 is 1.74 bits per heavy atom. The minimum Gasteiger partial charge on any atom is -0.387 e. The van der Waals surface area contributed by atoms with Crippen LogP contribution in [-0.4, -0.2) is 32.5 Å². The minimum atomic E-state index is -4.58. The summed E-state index contributed by atoms with van der Waals surface area (Å²) >= 11 is 0. The number of nitrogens with one attached hydrogen (secondary N) is 4. The molecule has 0 unspecified atom stereocenters. The Bertz CT molecular complexity index is 1700. The van der Waals surface area contributed by atoms with E-state index in [2.05, 4.69) is 25.6 Å². The monoisotopic (exact) mass is 533 g/mol. The number of hydrogen-bond donors (Lipinski definition) is 5. The van der Waals surface area contributed by atoms with Crippen LogP contribution in [0, 0.1) is 0 Å². The number of aromatic amines is 2. The maximum atomic E-state index is 13.1. The molecule has 11 heteroatoms. The summed E-state index contributed by atoms with van der Waals surface area (Å²) in [5, 5.41) is 16.2. The van der Waals surface area contributed by atoms with Crippen molar-refractivity contribution >= 4 is 28.3 Å². The van der Waals surface area contributed by atoms with Crippen LogP contribution in [0.4, 0.5) is 24.5 Å². The summed E-state index contributed by atoms with van der Waals surface area (Å²) in [5.41, 5.74) is 0.852. The topological polar surface area (TPSA) is 123 Å². The van der Waals surface area contributed by atoms with Gasteiger partial charge in [-0.2, -0.15) is 13.2 Å². The van der Waals surface area contributed by atoms with Crippen LogP contribution < -0.4 is 16.2 Å². The molecule has 0 fully saturated rings. The van der Waals surface area contributed by atoms with Gasteiger partial charge in [0.15, 0.2) is 0 Å². The van der Waals surface area contributed by atoms with Crippen molar-refractivity contribution < 1.29 is 23.1 Å². The van der Waals surface area contributed by atoms with Crippen molar-refractivity contribution in [3.8, 4) is 11.4 Å². The number of alkyl halides is 3. The number of imidazole rings is 1. The van der Waals surface area contributed by atoms with Crippen LogP contribution in [0.15, 0.2) is 89.9 Å². The zero-order chi connectivity index (χ0) is 27.6. The number of aromatic nitrogens is 3. The Kier molecular flexibility index (Phi) is 6.90. The normalized spacial score (nSPS) is 12.3. The van der Waals surface area contributed by atoms with Gasteiger partial charge >= 0.3 is 6.18 Å². The third-order valence-electron chi connectivity index (χ3n) is 6.09. The van der Waals surface area contributed by atoms with Gasteiger partial charge in [-0.1, -0.05) is 42.5 Å². The molecule has 5 aromatic rings. The first-order valence-electron chi connectivity index (χ1n) is 11.9. The molecule has 0 spiro atoms. The van der Waals surface area contributed by atoms with Gasteiger partial charge in [0, 0.05) is 18.3 Å². The second-order valence-corrected chi connectivity index (χ2v) is 8.72. The molecule has 0 saturated heterocycles. The molecule has 2 heterocycles. The zero-order valence-electron chi connectivity index (χ0n) is 20.2. The number of pyridine rings is 1. The van der Waals surface area contributed by atoms with Gasteiger partial charge in [0.25, 0.3) is 11.5 Å². The molecule has 0 saturated carbocycles. The number of benzene rings is 3. The average molecular weight is 534 g/mol. The summed E-state index contributed by atoms with van der Waals surface area (Å²) in [6.07, 6.45) is -3.95. The second-order valence-electron chi connectivity index (χ2n) is 8.72. The third kappa shape index (κ3) is 5.53. The Balaban J connectivity index is 1.44. The molecular formula is C28H22F3N5O3. The number of para-hydroxylation sites is 1. The number of anilines is 2. The maximum absolute atomic E-state index is 13.1. The molecule has 0 aliphatic carbocycles. The third-order valence-corrected chi connectivity index (χ3v) is 6.09. The van der Waals surface area contributed by atoms with E-state index in [1.54, 1.807) is 36.4 Å². The van der Waals surface area contributed by atoms with E-state index in [9.17, 15) is 27.9 Å². The number of nitrogens with zero attached hydrogens (tertiary/aromatic N) is 1. The van der Waals surface area contributed by atoms with E-state index in [1.807, 2.05) is 18.2 Å². The maximum Gasteiger partial charge on any atom is 0.416 e. The van der Waals surface area contributed by atoms with Gasteiger partial charge in [0.05, 0.1) is 34.1 Å². The Hall–Kier alpha value is -4.90. The molecule has 0 aliphatic rings. The van der Waals surface area contributed by atoms with Crippen molar-refractivity contribution in [2.24, 2.45) is 0 Å². The smallest absolute Gasteiger partial charge is 0.387 e. The van der Waals surface area contributed by atoms with E-state index in [-0.39, 0.29) is 29.2 Å². The number of H-pyrrole nitrogens is 2. The molecule has 1 atom stereocenters. The van der Waals surface area contributed by atoms with Crippen LogP contribution >= 0.6 is 0 Å². The summed E-state index contributed by atoms with van der Waals surface area (Å²) < 4.78 is 39.3. The molecule has 198 valence electrons. The highest BCUT2D eigenvalue weighted by Gasteiger charge is 2.31. The standard InChI is InChI=1S/C28H22F3N5O3/c29-28(30,31)18-9-4-8-17(14-18)26(38)35-21-11-5-10-20-24(21)36-25(34-20)23-19(12-13-32-27(23)39)33-15-22(37)16-6-2-1-3-7-16/h1-14,22,37H,15H2,(H,34,36)(H,35,38)(H2,32,33,39)/t22-/m1/s1. The van der Waals surface area contributed by atoms with Crippen LogP contribution in [0.5, 0.6) is 0 Å². The Morgan fingerprint density at radius 3 is 2.51 bits per heavy atom. The number of hydrogen-bond acceptors (Lipinski definition) is 5. The van der Waals surface area contributed by atoms with Gasteiger partial charge in [-0.05, 0) is 42.0 Å². The molecule has 0 radical (unpaired) electrons. The van der Waals surface area contributed by atoms with Crippen molar-refractivity contribution in [3.63, 3.8) is 0 Å². The molecule has 2 aromatic heterocycles. The van der Waals surface area contributed by atoms with E-state index in [0.717, 1.165) is 18.2 Å². The Morgan fingerprint density at radius 1 is 0.974 bits per heavy atom. The highest BCUT2D eigenvalue weighted by atomic mass is 19.4. The minimum absolute atomic E-state index is 0.124. The number of halogens is 3. The van der Waals surface area contributed by atoms with Gasteiger partial charge in [0.2, 0.25) is 0 Å². The summed E-state index contributed by atoms with van der Waals surface area (Å²) in [4.78, 5) is 35.8. The van der Waals surface area contributed by atoms with E-state index >= 15 is 0 Å². The van der Waals surface area contributed by atoms with Crippen LogP contribution in [0.3, 0.4) is 0 Å². The van der Waals surface area contributed by atoms with E-state index < -0.39 is 29.3 Å². The van der Waals surface area contributed by atoms with Crippen molar-refractivity contribution in [1.29, 1.82) is 0 Å². The molecule has 0 aliphatic heterocycles.